The second-order valence-corrected chi connectivity index (χ2v) is 12.2. The number of allylic oxidation sites excluding steroid dienone is 2. The molecule has 3 fully saturated rings. The number of nitrogens with zero attached hydrogens (tertiary/aromatic N) is 1. The molecular weight excluding hydrogens is 396 g/mol. The summed E-state index contributed by atoms with van der Waals surface area (Å²) < 4.78 is 0. The van der Waals surface area contributed by atoms with Crippen LogP contribution >= 0.6 is 0 Å². The van der Waals surface area contributed by atoms with Crippen molar-refractivity contribution >= 4 is 5.91 Å². The number of hydrogen-bond acceptors (Lipinski definition) is 3. The first kappa shape index (κ1) is 24.0. The summed E-state index contributed by atoms with van der Waals surface area (Å²) in [5.74, 6) is 2.95. The van der Waals surface area contributed by atoms with Crippen LogP contribution in [0.5, 0.6) is 0 Å². The Kier molecular flexibility index (Phi) is 6.44. The van der Waals surface area contributed by atoms with Gasteiger partial charge in [-0.2, -0.15) is 0 Å². The van der Waals surface area contributed by atoms with Crippen LogP contribution < -0.4 is 5.32 Å². The van der Waals surface area contributed by atoms with Gasteiger partial charge in [-0.25, -0.2) is 0 Å². The SMILES string of the molecule is C/C=C(\C)C(=O)N[C@H]1CC[C@@]2(C)C(=CC[C@H]3[C@@H]4CC[C@H]([C@H](C)N(C)C)[C@@]4(C)CC[C@@H]32)[C@H]1O. The number of hydrogen-bond donors (Lipinski definition) is 2. The van der Waals surface area contributed by atoms with Crippen molar-refractivity contribution < 1.29 is 9.90 Å². The zero-order chi connectivity index (χ0) is 23.4. The van der Waals surface area contributed by atoms with Crippen LogP contribution in [-0.4, -0.2) is 48.2 Å². The molecule has 180 valence electrons. The molecule has 4 aliphatic rings. The fourth-order valence-corrected chi connectivity index (χ4v) is 8.49. The lowest BCUT2D eigenvalue weighted by Crippen LogP contribution is -2.57. The van der Waals surface area contributed by atoms with E-state index in [1.54, 1.807) is 0 Å². The maximum Gasteiger partial charge on any atom is 0.246 e. The van der Waals surface area contributed by atoms with E-state index in [0.717, 1.165) is 42.6 Å². The summed E-state index contributed by atoms with van der Waals surface area (Å²) in [7, 11) is 4.47. The van der Waals surface area contributed by atoms with Gasteiger partial charge in [0.25, 0.3) is 0 Å². The topological polar surface area (TPSA) is 52.6 Å². The molecule has 0 radical (unpaired) electrons. The van der Waals surface area contributed by atoms with Crippen LogP contribution in [0.15, 0.2) is 23.3 Å². The van der Waals surface area contributed by atoms with E-state index < -0.39 is 6.10 Å². The minimum Gasteiger partial charge on any atom is -0.387 e. The second kappa shape index (κ2) is 8.58. The molecule has 1 amide bonds. The molecule has 0 aliphatic heterocycles. The smallest absolute Gasteiger partial charge is 0.246 e. The Morgan fingerprint density at radius 1 is 1.19 bits per heavy atom. The van der Waals surface area contributed by atoms with Crippen molar-refractivity contribution in [2.75, 3.05) is 14.1 Å². The maximum atomic E-state index is 12.4. The van der Waals surface area contributed by atoms with Crippen molar-refractivity contribution in [3.63, 3.8) is 0 Å². The summed E-state index contributed by atoms with van der Waals surface area (Å²) in [5.41, 5.74) is 2.46. The first-order valence-corrected chi connectivity index (χ1v) is 13.0. The number of nitrogens with one attached hydrogen (secondary N) is 1. The van der Waals surface area contributed by atoms with Gasteiger partial charge >= 0.3 is 0 Å². The molecule has 4 aliphatic carbocycles. The van der Waals surface area contributed by atoms with Crippen LogP contribution in [0.2, 0.25) is 0 Å². The van der Waals surface area contributed by atoms with E-state index in [9.17, 15) is 9.90 Å². The lowest BCUT2D eigenvalue weighted by atomic mass is 9.46. The third-order valence-corrected chi connectivity index (χ3v) is 10.8. The predicted octanol–water partition coefficient (Wildman–Crippen LogP) is 4.94. The van der Waals surface area contributed by atoms with Gasteiger partial charge in [0.05, 0.1) is 12.1 Å². The van der Waals surface area contributed by atoms with Gasteiger partial charge < -0.3 is 15.3 Å². The Hall–Kier alpha value is -1.13. The highest BCUT2D eigenvalue weighted by Gasteiger charge is 2.60. The summed E-state index contributed by atoms with van der Waals surface area (Å²) in [6, 6.07) is 0.465. The van der Waals surface area contributed by atoms with Crippen molar-refractivity contribution in [2.45, 2.75) is 97.8 Å². The van der Waals surface area contributed by atoms with Gasteiger partial charge in [-0.1, -0.05) is 26.0 Å². The Morgan fingerprint density at radius 2 is 1.91 bits per heavy atom. The van der Waals surface area contributed by atoms with E-state index in [1.165, 1.54) is 31.3 Å². The molecule has 0 aromatic heterocycles. The molecule has 0 spiro atoms. The van der Waals surface area contributed by atoms with Gasteiger partial charge in [0.1, 0.15) is 0 Å². The van der Waals surface area contributed by atoms with Gasteiger partial charge in [-0.3, -0.25) is 4.79 Å². The van der Waals surface area contributed by atoms with Gasteiger partial charge in [-0.15, -0.1) is 0 Å². The zero-order valence-corrected chi connectivity index (χ0v) is 21.4. The summed E-state index contributed by atoms with van der Waals surface area (Å²) >= 11 is 0. The lowest BCUT2D eigenvalue weighted by molar-refractivity contribution is -0.119. The van der Waals surface area contributed by atoms with Gasteiger partial charge in [0.2, 0.25) is 5.91 Å². The summed E-state index contributed by atoms with van der Waals surface area (Å²) in [5, 5.41) is 14.4. The second-order valence-electron chi connectivity index (χ2n) is 12.2. The fraction of sp³-hybridized carbons (Fsp3) is 0.821. The van der Waals surface area contributed by atoms with E-state index in [2.05, 4.69) is 51.2 Å². The minimum atomic E-state index is -0.554. The van der Waals surface area contributed by atoms with Crippen LogP contribution in [0.1, 0.15) is 79.6 Å². The lowest BCUT2D eigenvalue weighted by Gasteiger charge is -2.59. The van der Waals surface area contributed by atoms with Crippen molar-refractivity contribution in [3.05, 3.63) is 23.3 Å². The van der Waals surface area contributed by atoms with Crippen LogP contribution in [0.25, 0.3) is 0 Å². The summed E-state index contributed by atoms with van der Waals surface area (Å²) in [4.78, 5) is 14.9. The molecule has 4 nitrogen and oxygen atoms in total. The van der Waals surface area contributed by atoms with Crippen molar-refractivity contribution in [2.24, 2.45) is 34.5 Å². The molecule has 4 rings (SSSR count). The van der Waals surface area contributed by atoms with E-state index in [0.29, 0.717) is 17.4 Å². The Balaban J connectivity index is 1.56. The van der Waals surface area contributed by atoms with E-state index in [-0.39, 0.29) is 17.4 Å². The average Bonchev–Trinajstić information content (AvgIpc) is 3.11. The number of carbonyl (C=O) groups is 1. The number of fused-ring (bicyclic) bond motifs is 5. The normalized spacial score (nSPS) is 44.9. The number of rotatable bonds is 4. The Bertz CT molecular complexity index is 801. The molecule has 0 bridgehead atoms. The number of aliphatic hydroxyl groups excluding tert-OH is 1. The molecule has 0 unspecified atom stereocenters. The largest absolute Gasteiger partial charge is 0.387 e. The summed E-state index contributed by atoms with van der Waals surface area (Å²) in [6.45, 7) is 11.2. The first-order chi connectivity index (χ1) is 15.0. The molecule has 2 N–H and O–H groups in total. The predicted molar refractivity (Wildman–Crippen MR) is 131 cm³/mol. The molecule has 9 atom stereocenters. The van der Waals surface area contributed by atoms with Crippen LogP contribution in [-0.2, 0) is 4.79 Å². The third kappa shape index (κ3) is 3.60. The monoisotopic (exact) mass is 442 g/mol. The van der Waals surface area contributed by atoms with E-state index >= 15 is 0 Å². The van der Waals surface area contributed by atoms with Crippen LogP contribution in [0.4, 0.5) is 0 Å². The first-order valence-electron chi connectivity index (χ1n) is 13.0. The van der Waals surface area contributed by atoms with Crippen molar-refractivity contribution in [1.29, 1.82) is 0 Å². The Labute approximate surface area is 195 Å². The van der Waals surface area contributed by atoms with E-state index in [1.807, 2.05) is 19.9 Å². The molecule has 0 heterocycles. The average molecular weight is 443 g/mol. The molecule has 0 aromatic carbocycles. The third-order valence-electron chi connectivity index (χ3n) is 10.8. The highest BCUT2D eigenvalue weighted by atomic mass is 16.3. The quantitative estimate of drug-likeness (QED) is 0.479. The van der Waals surface area contributed by atoms with Gasteiger partial charge in [0.15, 0.2) is 0 Å². The number of carbonyl (C=O) groups excluding carboxylic acids is 1. The molecule has 4 heteroatoms. The highest BCUT2D eigenvalue weighted by molar-refractivity contribution is 5.92. The number of aliphatic hydroxyl groups is 1. The van der Waals surface area contributed by atoms with Gasteiger partial charge in [0, 0.05) is 11.6 Å². The molecule has 0 aromatic rings. The maximum absolute atomic E-state index is 12.4. The summed E-state index contributed by atoms with van der Waals surface area (Å²) in [6.07, 6.45) is 12.0. The van der Waals surface area contributed by atoms with Gasteiger partial charge in [-0.05, 0) is 120 Å². The van der Waals surface area contributed by atoms with E-state index in [4.69, 9.17) is 0 Å². The molecular formula is C28H46N2O2. The molecule has 3 saturated carbocycles. The Morgan fingerprint density at radius 3 is 2.56 bits per heavy atom. The van der Waals surface area contributed by atoms with Crippen molar-refractivity contribution in [3.8, 4) is 0 Å². The van der Waals surface area contributed by atoms with Crippen molar-refractivity contribution in [1.82, 2.24) is 10.2 Å². The van der Waals surface area contributed by atoms with Crippen LogP contribution in [0.3, 0.4) is 0 Å². The number of amides is 1. The standard InChI is InChI=1S/C28H46N2O2/c1-8-17(2)26(32)29-24-14-16-28(5)22-13-15-27(4)20(18(3)30(6)7)11-12-21(27)19(22)9-10-23(28)25(24)31/h8,10,18-22,24-25,31H,9,11-16H2,1-7H3,(H,29,32)/b17-8+/t18-,19-,20+,21-,22-,24-,25+,27+,28+/m0/s1. The van der Waals surface area contributed by atoms with Crippen LogP contribution in [0, 0.1) is 34.5 Å². The molecule has 32 heavy (non-hydrogen) atoms. The highest BCUT2D eigenvalue weighted by Crippen LogP contribution is 2.66. The zero-order valence-electron chi connectivity index (χ0n) is 21.4. The minimum absolute atomic E-state index is 0.0464. The fourth-order valence-electron chi connectivity index (χ4n) is 8.49. The molecule has 0 saturated heterocycles.